The maximum atomic E-state index is 14.3. The fraction of sp³-hybridized carbons (Fsp3) is 0.545. The lowest BCUT2D eigenvalue weighted by Crippen LogP contribution is -2.57. The molecule has 0 radical (unpaired) electrons. The molecule has 0 spiro atoms. The van der Waals surface area contributed by atoms with E-state index in [1.54, 1.807) is 11.5 Å². The molecule has 2 unspecified atom stereocenters. The normalized spacial score (nSPS) is 28.2. The van der Waals surface area contributed by atoms with E-state index in [1.165, 1.54) is 34.9 Å². The summed E-state index contributed by atoms with van der Waals surface area (Å²) in [7, 11) is 6.15. The van der Waals surface area contributed by atoms with Crippen LogP contribution in [0.15, 0.2) is 88.5 Å². The molecule has 2 saturated carbocycles. The monoisotopic (exact) mass is 1100 g/mol. The van der Waals surface area contributed by atoms with E-state index in [9.17, 15) is 29.1 Å². The fourth-order valence-electron chi connectivity index (χ4n) is 16.5. The Morgan fingerprint density at radius 2 is 1.68 bits per heavy atom. The number of unbranched alkanes of at least 4 members (excludes halogenated alkanes) is 3. The average Bonchev–Trinajstić information content (AvgIpc) is 3.02. The molecule has 2 aromatic heterocycles. The van der Waals surface area contributed by atoms with Crippen LogP contribution in [0.1, 0.15) is 151 Å². The Balaban J connectivity index is 0.655. The van der Waals surface area contributed by atoms with Gasteiger partial charge in [0, 0.05) is 97.8 Å². The molecule has 2 saturated heterocycles. The molecule has 428 valence electrons. The third-order valence-corrected chi connectivity index (χ3v) is 20.6. The van der Waals surface area contributed by atoms with Gasteiger partial charge in [0.1, 0.15) is 23.7 Å². The zero-order valence-corrected chi connectivity index (χ0v) is 48.5. The number of piperazine rings is 1. The molecule has 12 rings (SSSR count). The quantitative estimate of drug-likeness (QED) is 0.0779. The predicted octanol–water partition coefficient (Wildman–Crippen LogP) is 10.3. The van der Waals surface area contributed by atoms with Crippen molar-refractivity contribution >= 4 is 40.2 Å². The number of aliphatic hydroxyl groups is 1. The second-order valence-corrected chi connectivity index (χ2v) is 25.4. The van der Waals surface area contributed by atoms with E-state index >= 15 is 0 Å². The number of ether oxygens (including phenoxy) is 3. The number of Topliss-reactive ketones (excluding diaryl/α,β-unsaturated/α-hetero) is 1. The number of fused-ring (bicyclic) bond motifs is 11. The number of likely N-dealkylation sites (tertiary alicyclic amines) is 1. The Labute approximate surface area is 476 Å². The molecule has 2 aromatic carbocycles. The van der Waals surface area contributed by atoms with Crippen LogP contribution in [-0.4, -0.2) is 118 Å². The highest BCUT2D eigenvalue weighted by molar-refractivity contribution is 5.93. The van der Waals surface area contributed by atoms with Crippen LogP contribution in [-0.2, 0) is 49.2 Å². The molecule has 8 atom stereocenters. The van der Waals surface area contributed by atoms with Crippen LogP contribution in [0.3, 0.4) is 0 Å². The minimum atomic E-state index is -1.46. The summed E-state index contributed by atoms with van der Waals surface area (Å²) in [4.78, 5) is 81.1. The number of rotatable bonds is 15. The van der Waals surface area contributed by atoms with E-state index in [0.717, 1.165) is 119 Å². The largest absolute Gasteiger partial charge is 0.490 e. The Hall–Kier alpha value is -6.42. The number of benzene rings is 2. The first-order valence-electron chi connectivity index (χ1n) is 30.0. The van der Waals surface area contributed by atoms with Crippen molar-refractivity contribution in [3.63, 3.8) is 0 Å². The highest BCUT2D eigenvalue weighted by Gasteiger charge is 2.67. The molecule has 1 amide bonds. The fourth-order valence-corrected chi connectivity index (χ4v) is 16.5. The zero-order valence-electron chi connectivity index (χ0n) is 48.5. The summed E-state index contributed by atoms with van der Waals surface area (Å²) in [6.07, 6.45) is 13.5. The van der Waals surface area contributed by atoms with Crippen LogP contribution in [0.4, 0.5) is 10.5 Å². The molecular weight excluding hydrogens is 1020 g/mol. The van der Waals surface area contributed by atoms with Crippen molar-refractivity contribution in [2.75, 3.05) is 52.2 Å². The molecule has 2 bridgehead atoms. The summed E-state index contributed by atoms with van der Waals surface area (Å²) < 4.78 is 20.0. The van der Waals surface area contributed by atoms with Crippen molar-refractivity contribution in [3.05, 3.63) is 122 Å². The molecule has 4 aromatic rings. The molecular formula is C66H80N6O9. The van der Waals surface area contributed by atoms with Crippen molar-refractivity contribution in [3.8, 4) is 17.1 Å². The second-order valence-electron chi connectivity index (χ2n) is 25.4. The predicted molar refractivity (Wildman–Crippen MR) is 311 cm³/mol. The number of pyridine rings is 2. The number of ketones is 2. The van der Waals surface area contributed by atoms with Gasteiger partial charge in [0.05, 0.1) is 29.0 Å². The van der Waals surface area contributed by atoms with Crippen LogP contribution in [0, 0.1) is 17.3 Å². The molecule has 15 nitrogen and oxygen atoms in total. The maximum absolute atomic E-state index is 14.3. The van der Waals surface area contributed by atoms with Crippen molar-refractivity contribution < 1.29 is 38.5 Å². The summed E-state index contributed by atoms with van der Waals surface area (Å²) in [5.41, 5.74) is 7.92. The lowest BCUT2D eigenvalue weighted by atomic mass is 9.50. The third-order valence-electron chi connectivity index (χ3n) is 20.6. The molecule has 6 heterocycles. The summed E-state index contributed by atoms with van der Waals surface area (Å²) in [5, 5.41) is 12.5. The minimum Gasteiger partial charge on any atom is -0.490 e. The van der Waals surface area contributed by atoms with Crippen LogP contribution < -0.4 is 15.2 Å². The van der Waals surface area contributed by atoms with Gasteiger partial charge in [-0.15, -0.1) is 0 Å². The number of esters is 1. The topological polar surface area (TPSA) is 164 Å². The van der Waals surface area contributed by atoms with Gasteiger partial charge in [0.2, 0.25) is 0 Å². The summed E-state index contributed by atoms with van der Waals surface area (Å²) in [6, 6.07) is 16.9. The minimum absolute atomic E-state index is 0.0539. The van der Waals surface area contributed by atoms with Gasteiger partial charge in [-0.1, -0.05) is 51.0 Å². The van der Waals surface area contributed by atoms with Gasteiger partial charge in [0.25, 0.3) is 5.56 Å². The smallest absolute Gasteiger partial charge is 0.415 e. The number of allylic oxidation sites excluding steroid dienone is 4. The number of carbonyl (C=O) groups excluding carboxylic acids is 4. The number of aromatic nitrogens is 2. The summed E-state index contributed by atoms with van der Waals surface area (Å²) >= 11 is 0. The van der Waals surface area contributed by atoms with Gasteiger partial charge in [-0.25, -0.2) is 9.78 Å². The first kappa shape index (κ1) is 55.1. The number of hydrogen-bond donors (Lipinski definition) is 1. The van der Waals surface area contributed by atoms with Gasteiger partial charge in [-0.05, 0) is 169 Å². The van der Waals surface area contributed by atoms with Crippen LogP contribution in [0.2, 0.25) is 0 Å². The zero-order chi connectivity index (χ0) is 56.9. The molecule has 4 aliphatic carbocycles. The number of amides is 1. The summed E-state index contributed by atoms with van der Waals surface area (Å²) in [6.45, 7) is 15.6. The Bertz CT molecular complexity index is 3380. The molecule has 4 fully saturated rings. The Morgan fingerprint density at radius 1 is 0.926 bits per heavy atom. The van der Waals surface area contributed by atoms with Gasteiger partial charge < -0.3 is 33.7 Å². The standard InChI is InChI=1S/C66H80N6O9/c1-9-65(78)40(3)79-38-54-56(65)32-58-61-44(34-71(58)62(54)76)31-51-53(37-68(6)7)59(25-24-57(51)67-61)80-63(77)72-46-19-20-47(72)36-70(35-46)29-13-11-10-12-28-69(8)45-17-14-42(15-18-45)52-33-64(5)55(26-27-66(64,39(2)73)81-41(4)74)50-22-16-43-30-48(75)21-23-49(43)60(50)52/h14-15,17-18,24-25,30-32,46-47,50,52,55,78H,3,9-13,16,19-23,26-29,33-38H2,1-2,4-8H3/t46?,47?,50-,52+,55-,64-,65+,66-/m0/s1. The first-order valence-corrected chi connectivity index (χ1v) is 30.0. The molecule has 8 aliphatic rings. The van der Waals surface area contributed by atoms with Crippen molar-refractivity contribution in [2.45, 2.75) is 166 Å². The van der Waals surface area contributed by atoms with Gasteiger partial charge in [-0.2, -0.15) is 0 Å². The average molecular weight is 1100 g/mol. The third kappa shape index (κ3) is 9.28. The molecule has 81 heavy (non-hydrogen) atoms. The van der Waals surface area contributed by atoms with Gasteiger partial charge in [-0.3, -0.25) is 29.0 Å². The van der Waals surface area contributed by atoms with Crippen LogP contribution in [0.25, 0.3) is 22.3 Å². The number of nitrogens with zero attached hydrogens (tertiary/aromatic N) is 6. The Kier molecular flexibility index (Phi) is 14.4. The van der Waals surface area contributed by atoms with Crippen molar-refractivity contribution in [1.82, 2.24) is 24.3 Å². The van der Waals surface area contributed by atoms with Crippen LogP contribution in [0.5, 0.6) is 5.75 Å². The van der Waals surface area contributed by atoms with Gasteiger partial charge >= 0.3 is 12.1 Å². The molecule has 4 aliphatic heterocycles. The van der Waals surface area contributed by atoms with Crippen LogP contribution >= 0.6 is 0 Å². The molecule has 1 N–H and O–H groups in total. The van der Waals surface area contributed by atoms with E-state index in [1.807, 2.05) is 50.2 Å². The number of hydrogen-bond acceptors (Lipinski definition) is 13. The highest BCUT2D eigenvalue weighted by Crippen LogP contribution is 2.68. The number of anilines is 1. The second kappa shape index (κ2) is 21.1. The van der Waals surface area contributed by atoms with E-state index in [2.05, 4.69) is 65.6 Å². The van der Waals surface area contributed by atoms with E-state index in [-0.39, 0.29) is 65.4 Å². The Morgan fingerprint density at radius 3 is 2.40 bits per heavy atom. The van der Waals surface area contributed by atoms with Crippen molar-refractivity contribution in [2.24, 2.45) is 17.3 Å². The van der Waals surface area contributed by atoms with Crippen molar-refractivity contribution in [1.29, 1.82) is 0 Å². The van der Waals surface area contributed by atoms with E-state index in [0.29, 0.717) is 60.6 Å². The lowest BCUT2D eigenvalue weighted by molar-refractivity contribution is -0.182. The SMILES string of the molecule is C=C1OCc2c(cc3n(c2=O)Cc2cc4c(CN(C)C)c(OC(=O)N5C6CCC5CN(CCCCCCN(C)c5ccc([C@H]7C[C@@]8(C)[C@@H](CC[C@]8(OC(C)=O)C(C)=O)[C@@H]8CCC9=CC(=O)CCC9=C87)cc5)C6)ccc4nc2-3)[C@@]1(O)CC. The lowest BCUT2D eigenvalue weighted by Gasteiger charge is -2.55. The summed E-state index contributed by atoms with van der Waals surface area (Å²) in [5.74, 6) is 1.09. The number of carbonyl (C=O) groups is 4. The maximum Gasteiger partial charge on any atom is 0.415 e. The first-order chi connectivity index (χ1) is 38.8. The van der Waals surface area contributed by atoms with Gasteiger partial charge in [0.15, 0.2) is 17.2 Å². The molecule has 15 heteroatoms. The highest BCUT2D eigenvalue weighted by atomic mass is 16.6. The van der Waals surface area contributed by atoms with E-state index in [4.69, 9.17) is 19.2 Å². The van der Waals surface area contributed by atoms with E-state index < -0.39 is 22.6 Å².